The van der Waals surface area contributed by atoms with Crippen molar-refractivity contribution < 1.29 is 4.74 Å². The van der Waals surface area contributed by atoms with Gasteiger partial charge in [0.2, 0.25) is 0 Å². The first kappa shape index (κ1) is 12.4. The number of hydrogen-bond donors (Lipinski definition) is 1. The summed E-state index contributed by atoms with van der Waals surface area (Å²) >= 11 is 0. The zero-order chi connectivity index (χ0) is 12.8. The van der Waals surface area contributed by atoms with E-state index in [1.54, 1.807) is 0 Å². The Morgan fingerprint density at radius 2 is 1.72 bits per heavy atom. The lowest BCUT2D eigenvalue weighted by Crippen LogP contribution is -2.09. The highest BCUT2D eigenvalue weighted by molar-refractivity contribution is 5.52. The smallest absolute Gasteiger partial charge is 0.128 e. The summed E-state index contributed by atoms with van der Waals surface area (Å²) in [5.74, 6) is 1.67. The maximum absolute atomic E-state index is 5.76. The number of nitrogens with two attached hydrogens (primary N) is 1. The molecule has 18 heavy (non-hydrogen) atoms. The number of ether oxygens (including phenoxy) is 1. The number of para-hydroxylation sites is 1. The Balaban J connectivity index is 2.13. The minimum Gasteiger partial charge on any atom is -0.457 e. The molecule has 0 spiro atoms. The lowest BCUT2D eigenvalue weighted by Gasteiger charge is -2.06. The van der Waals surface area contributed by atoms with E-state index in [4.69, 9.17) is 10.5 Å². The molecule has 2 rings (SSSR count). The molecule has 0 bridgehead atoms. The van der Waals surface area contributed by atoms with E-state index in [0.717, 1.165) is 17.1 Å². The summed E-state index contributed by atoms with van der Waals surface area (Å²) in [7, 11) is 0. The molecule has 2 aromatic rings. The van der Waals surface area contributed by atoms with Gasteiger partial charge < -0.3 is 10.5 Å². The highest BCUT2D eigenvalue weighted by Crippen LogP contribution is 2.22. The van der Waals surface area contributed by atoms with Crippen molar-refractivity contribution in [2.45, 2.75) is 13.0 Å². The molecular weight excluding hydrogens is 222 g/mol. The van der Waals surface area contributed by atoms with Crippen LogP contribution in [0.15, 0.2) is 60.7 Å². The molecule has 2 heteroatoms. The van der Waals surface area contributed by atoms with E-state index < -0.39 is 0 Å². The molecule has 0 aliphatic rings. The summed E-state index contributed by atoms with van der Waals surface area (Å²) in [5.41, 5.74) is 6.77. The van der Waals surface area contributed by atoms with E-state index in [1.165, 1.54) is 0 Å². The van der Waals surface area contributed by atoms with Crippen LogP contribution < -0.4 is 10.5 Å². The van der Waals surface area contributed by atoms with E-state index in [1.807, 2.05) is 73.7 Å². The molecule has 0 aliphatic carbocycles. The van der Waals surface area contributed by atoms with Crippen molar-refractivity contribution >= 4 is 6.08 Å². The average molecular weight is 239 g/mol. The van der Waals surface area contributed by atoms with Crippen LogP contribution in [0.1, 0.15) is 12.5 Å². The van der Waals surface area contributed by atoms with Gasteiger partial charge in [-0.05, 0) is 36.8 Å². The Hall–Kier alpha value is -2.06. The lowest BCUT2D eigenvalue weighted by molar-refractivity contribution is 0.482. The van der Waals surface area contributed by atoms with Gasteiger partial charge in [-0.3, -0.25) is 0 Å². The van der Waals surface area contributed by atoms with Gasteiger partial charge in [-0.25, -0.2) is 0 Å². The molecular formula is C16H17NO. The first-order chi connectivity index (χ1) is 8.74. The third kappa shape index (κ3) is 3.75. The monoisotopic (exact) mass is 239 g/mol. The van der Waals surface area contributed by atoms with Crippen molar-refractivity contribution in [3.63, 3.8) is 0 Å². The minimum absolute atomic E-state index is 0.0590. The molecule has 0 radical (unpaired) electrons. The van der Waals surface area contributed by atoms with Crippen molar-refractivity contribution in [2.24, 2.45) is 5.73 Å². The molecule has 0 fully saturated rings. The van der Waals surface area contributed by atoms with Crippen LogP contribution in [0, 0.1) is 0 Å². The van der Waals surface area contributed by atoms with Crippen molar-refractivity contribution in [1.29, 1.82) is 0 Å². The zero-order valence-corrected chi connectivity index (χ0v) is 10.4. The first-order valence-corrected chi connectivity index (χ1v) is 6.01. The van der Waals surface area contributed by atoms with Crippen LogP contribution in [0.5, 0.6) is 11.5 Å². The van der Waals surface area contributed by atoms with Crippen molar-refractivity contribution in [1.82, 2.24) is 0 Å². The second kappa shape index (κ2) is 6.03. The average Bonchev–Trinajstić information content (AvgIpc) is 2.38. The fourth-order valence-corrected chi connectivity index (χ4v) is 1.57. The van der Waals surface area contributed by atoms with E-state index in [2.05, 4.69) is 0 Å². The van der Waals surface area contributed by atoms with Crippen LogP contribution in [0.2, 0.25) is 0 Å². The summed E-state index contributed by atoms with van der Waals surface area (Å²) in [6, 6.07) is 17.7. The summed E-state index contributed by atoms with van der Waals surface area (Å²) in [6.07, 6.45) is 3.96. The van der Waals surface area contributed by atoms with Gasteiger partial charge in [0.1, 0.15) is 11.5 Å². The summed E-state index contributed by atoms with van der Waals surface area (Å²) in [4.78, 5) is 0. The number of rotatable bonds is 4. The van der Waals surface area contributed by atoms with Gasteiger partial charge in [-0.1, -0.05) is 42.5 Å². The Morgan fingerprint density at radius 1 is 1.00 bits per heavy atom. The molecule has 0 aromatic heterocycles. The fourth-order valence-electron chi connectivity index (χ4n) is 1.57. The molecule has 2 aromatic carbocycles. The molecule has 2 nitrogen and oxygen atoms in total. The van der Waals surface area contributed by atoms with Gasteiger partial charge in [0.05, 0.1) is 0 Å². The highest BCUT2D eigenvalue weighted by atomic mass is 16.5. The van der Waals surface area contributed by atoms with Gasteiger partial charge in [-0.15, -0.1) is 0 Å². The Kier molecular flexibility index (Phi) is 4.15. The summed E-state index contributed by atoms with van der Waals surface area (Å²) in [5, 5.41) is 0. The van der Waals surface area contributed by atoms with Gasteiger partial charge in [0.15, 0.2) is 0 Å². The standard InChI is InChI=1S/C16H17NO/c1-13(17)10-11-14-6-5-9-16(12-14)18-15-7-3-2-4-8-15/h2-13H,17H2,1H3/b11-10+. The SMILES string of the molecule is CC(N)/C=C/c1cccc(Oc2ccccc2)c1. The molecule has 1 atom stereocenters. The zero-order valence-electron chi connectivity index (χ0n) is 10.4. The molecule has 1 unspecified atom stereocenters. The van der Waals surface area contributed by atoms with Crippen LogP contribution in [0.4, 0.5) is 0 Å². The molecule has 2 N–H and O–H groups in total. The van der Waals surface area contributed by atoms with Gasteiger partial charge in [0.25, 0.3) is 0 Å². The number of benzene rings is 2. The molecule has 0 heterocycles. The van der Waals surface area contributed by atoms with Crippen molar-refractivity contribution in [2.75, 3.05) is 0 Å². The third-order valence-electron chi connectivity index (χ3n) is 2.43. The minimum atomic E-state index is 0.0590. The van der Waals surface area contributed by atoms with Crippen molar-refractivity contribution in [3.8, 4) is 11.5 Å². The molecule has 0 amide bonds. The highest BCUT2D eigenvalue weighted by Gasteiger charge is 1.97. The van der Waals surface area contributed by atoms with Crippen LogP contribution in [-0.4, -0.2) is 6.04 Å². The third-order valence-corrected chi connectivity index (χ3v) is 2.43. The van der Waals surface area contributed by atoms with Crippen LogP contribution >= 0.6 is 0 Å². The van der Waals surface area contributed by atoms with Gasteiger partial charge in [0, 0.05) is 6.04 Å². The molecule has 0 saturated carbocycles. The summed E-state index contributed by atoms with van der Waals surface area (Å²) in [6.45, 7) is 1.95. The normalized spacial score (nSPS) is 12.6. The summed E-state index contributed by atoms with van der Waals surface area (Å²) < 4.78 is 5.76. The van der Waals surface area contributed by atoms with Gasteiger partial charge >= 0.3 is 0 Å². The van der Waals surface area contributed by atoms with Crippen LogP contribution in [0.3, 0.4) is 0 Å². The largest absolute Gasteiger partial charge is 0.457 e. The van der Waals surface area contributed by atoms with E-state index in [0.29, 0.717) is 0 Å². The van der Waals surface area contributed by atoms with Gasteiger partial charge in [-0.2, -0.15) is 0 Å². The Labute approximate surface area is 108 Å². The van der Waals surface area contributed by atoms with E-state index >= 15 is 0 Å². The maximum Gasteiger partial charge on any atom is 0.128 e. The fraction of sp³-hybridized carbons (Fsp3) is 0.125. The molecule has 0 aliphatic heterocycles. The quantitative estimate of drug-likeness (QED) is 0.879. The van der Waals surface area contributed by atoms with E-state index in [-0.39, 0.29) is 6.04 Å². The van der Waals surface area contributed by atoms with E-state index in [9.17, 15) is 0 Å². The van der Waals surface area contributed by atoms with Crippen LogP contribution in [0.25, 0.3) is 6.08 Å². The molecule has 92 valence electrons. The maximum atomic E-state index is 5.76. The molecule has 0 saturated heterocycles. The Morgan fingerprint density at radius 3 is 2.44 bits per heavy atom. The van der Waals surface area contributed by atoms with Crippen molar-refractivity contribution in [3.05, 3.63) is 66.2 Å². The Bertz CT molecular complexity index is 518. The predicted molar refractivity (Wildman–Crippen MR) is 75.6 cm³/mol. The lowest BCUT2D eigenvalue weighted by atomic mass is 10.2. The first-order valence-electron chi connectivity index (χ1n) is 6.01. The predicted octanol–water partition coefficient (Wildman–Crippen LogP) is 3.84. The number of hydrogen-bond acceptors (Lipinski definition) is 2. The second-order valence-corrected chi connectivity index (χ2v) is 4.21. The topological polar surface area (TPSA) is 35.2 Å². The van der Waals surface area contributed by atoms with Crippen LogP contribution in [-0.2, 0) is 0 Å². The second-order valence-electron chi connectivity index (χ2n) is 4.21.